The lowest BCUT2D eigenvalue weighted by atomic mass is 10.2. The van der Waals surface area contributed by atoms with E-state index in [0.29, 0.717) is 22.1 Å². The highest BCUT2D eigenvalue weighted by Gasteiger charge is 2.22. The Labute approximate surface area is 196 Å². The first-order chi connectivity index (χ1) is 15.6. The fraction of sp³-hybridized carbons (Fsp3) is 0.182. The van der Waals surface area contributed by atoms with E-state index in [1.165, 1.54) is 19.2 Å². The van der Waals surface area contributed by atoms with Crippen molar-refractivity contribution in [3.8, 4) is 5.75 Å². The maximum absolute atomic E-state index is 12.9. The number of halogens is 1. The van der Waals surface area contributed by atoms with Crippen LogP contribution < -0.4 is 20.3 Å². The van der Waals surface area contributed by atoms with Gasteiger partial charge in [0.1, 0.15) is 22.2 Å². The van der Waals surface area contributed by atoms with E-state index < -0.39 is 21.8 Å². The molecule has 1 aromatic heterocycles. The molecule has 0 fully saturated rings. The van der Waals surface area contributed by atoms with Gasteiger partial charge >= 0.3 is 0 Å². The molecule has 33 heavy (non-hydrogen) atoms. The molecule has 9 nitrogen and oxygen atoms in total. The van der Waals surface area contributed by atoms with Gasteiger partial charge in [0.15, 0.2) is 0 Å². The Bertz CT molecular complexity index is 1290. The Morgan fingerprint density at radius 3 is 2.27 bits per heavy atom. The summed E-state index contributed by atoms with van der Waals surface area (Å²) in [6, 6.07) is 12.1. The van der Waals surface area contributed by atoms with Gasteiger partial charge in [-0.15, -0.1) is 0 Å². The normalized spacial score (nSPS) is 11.2. The van der Waals surface area contributed by atoms with Crippen molar-refractivity contribution in [2.45, 2.75) is 25.3 Å². The molecule has 0 saturated carbocycles. The first-order valence-electron chi connectivity index (χ1n) is 9.70. The Morgan fingerprint density at radius 1 is 1.00 bits per heavy atom. The van der Waals surface area contributed by atoms with Gasteiger partial charge in [0, 0.05) is 17.1 Å². The van der Waals surface area contributed by atoms with Crippen LogP contribution in [0.3, 0.4) is 0 Å². The average molecular weight is 492 g/mol. The zero-order valence-electron chi connectivity index (χ0n) is 18.1. The van der Waals surface area contributed by atoms with E-state index in [1.807, 2.05) is 0 Å². The van der Waals surface area contributed by atoms with Crippen molar-refractivity contribution in [2.75, 3.05) is 7.11 Å². The minimum Gasteiger partial charge on any atom is -0.495 e. The van der Waals surface area contributed by atoms with Crippen LogP contribution in [0.5, 0.6) is 5.75 Å². The number of carbonyl (C=O) groups is 2. The molecule has 0 atom stereocenters. The summed E-state index contributed by atoms with van der Waals surface area (Å²) in [4.78, 5) is 24.6. The third-order valence-corrected chi connectivity index (χ3v) is 6.34. The number of methoxy groups -OCH3 is 1. The van der Waals surface area contributed by atoms with E-state index in [0.717, 1.165) is 6.07 Å². The molecule has 3 N–H and O–H groups in total. The van der Waals surface area contributed by atoms with Crippen molar-refractivity contribution in [2.24, 2.45) is 0 Å². The quantitative estimate of drug-likeness (QED) is 0.436. The molecule has 0 aliphatic heterocycles. The summed E-state index contributed by atoms with van der Waals surface area (Å²) in [6.45, 7) is 3.34. The summed E-state index contributed by atoms with van der Waals surface area (Å²) >= 11 is 5.85. The average Bonchev–Trinajstić information content (AvgIpc) is 3.14. The Morgan fingerprint density at radius 2 is 1.67 bits per heavy atom. The number of furan rings is 1. The Balaban J connectivity index is 1.74. The summed E-state index contributed by atoms with van der Waals surface area (Å²) in [5.74, 6) is -0.255. The van der Waals surface area contributed by atoms with Crippen LogP contribution in [0.2, 0.25) is 5.02 Å². The molecular formula is C22H22ClN3O6S. The predicted molar refractivity (Wildman–Crippen MR) is 122 cm³/mol. The lowest BCUT2D eigenvalue weighted by molar-refractivity contribution is 0.0845. The van der Waals surface area contributed by atoms with Gasteiger partial charge < -0.3 is 9.15 Å². The highest BCUT2D eigenvalue weighted by molar-refractivity contribution is 7.89. The van der Waals surface area contributed by atoms with Gasteiger partial charge in [0.2, 0.25) is 10.0 Å². The smallest absolute Gasteiger partial charge is 0.273 e. The summed E-state index contributed by atoms with van der Waals surface area (Å²) in [5.41, 5.74) is 5.52. The highest BCUT2D eigenvalue weighted by Crippen LogP contribution is 2.25. The number of sulfonamides is 1. The molecule has 0 saturated heterocycles. The van der Waals surface area contributed by atoms with Crippen LogP contribution >= 0.6 is 11.6 Å². The van der Waals surface area contributed by atoms with Crippen LogP contribution in [0.15, 0.2) is 57.8 Å². The second kappa shape index (κ2) is 10.1. The van der Waals surface area contributed by atoms with Gasteiger partial charge in [-0.05, 0) is 55.8 Å². The van der Waals surface area contributed by atoms with Crippen LogP contribution in [0.1, 0.15) is 37.8 Å². The topological polar surface area (TPSA) is 127 Å². The fourth-order valence-electron chi connectivity index (χ4n) is 3.00. The first kappa shape index (κ1) is 24.3. The predicted octanol–water partition coefficient (Wildman–Crippen LogP) is 3.11. The molecule has 2 aromatic carbocycles. The number of hydrogen-bond donors (Lipinski definition) is 3. The molecule has 0 spiro atoms. The molecule has 0 aliphatic rings. The van der Waals surface area contributed by atoms with Gasteiger partial charge in [-0.3, -0.25) is 20.4 Å². The summed E-state index contributed by atoms with van der Waals surface area (Å²) in [7, 11) is -2.71. The van der Waals surface area contributed by atoms with Crippen molar-refractivity contribution in [3.05, 3.63) is 81.8 Å². The van der Waals surface area contributed by atoms with Crippen molar-refractivity contribution in [3.63, 3.8) is 0 Å². The number of benzene rings is 2. The third kappa shape index (κ3) is 5.92. The Kier molecular flexibility index (Phi) is 7.42. The molecule has 174 valence electrons. The molecule has 0 unspecified atom stereocenters. The third-order valence-electron chi connectivity index (χ3n) is 4.67. The molecule has 2 amide bonds. The second-order valence-corrected chi connectivity index (χ2v) is 9.22. The van der Waals surface area contributed by atoms with Gasteiger partial charge in [-0.25, -0.2) is 13.1 Å². The second-order valence-electron chi connectivity index (χ2n) is 7.05. The van der Waals surface area contributed by atoms with Gasteiger partial charge in [0.05, 0.1) is 12.7 Å². The molecule has 3 aromatic rings. The number of carbonyl (C=O) groups excluding carboxylic acids is 2. The van der Waals surface area contributed by atoms with Gasteiger partial charge in [-0.1, -0.05) is 23.7 Å². The Hall–Kier alpha value is -3.34. The van der Waals surface area contributed by atoms with Crippen LogP contribution in [-0.2, 0) is 16.6 Å². The maximum atomic E-state index is 12.9. The lowest BCUT2D eigenvalue weighted by Crippen LogP contribution is -2.41. The van der Waals surface area contributed by atoms with E-state index in [9.17, 15) is 18.0 Å². The maximum Gasteiger partial charge on any atom is 0.273 e. The minimum absolute atomic E-state index is 0.00284. The minimum atomic E-state index is -4.03. The van der Waals surface area contributed by atoms with Crippen molar-refractivity contribution >= 4 is 33.4 Å². The summed E-state index contributed by atoms with van der Waals surface area (Å²) in [5, 5.41) is 0.534. The van der Waals surface area contributed by atoms with Crippen LogP contribution in [-0.4, -0.2) is 27.3 Å². The molecular weight excluding hydrogens is 470 g/mol. The number of rotatable bonds is 7. The van der Waals surface area contributed by atoms with E-state index in [4.69, 9.17) is 20.8 Å². The number of amides is 2. The molecule has 1 heterocycles. The van der Waals surface area contributed by atoms with E-state index in [2.05, 4.69) is 15.6 Å². The number of hydrogen-bond acceptors (Lipinski definition) is 6. The van der Waals surface area contributed by atoms with Crippen molar-refractivity contribution in [1.82, 2.24) is 15.6 Å². The number of nitrogens with one attached hydrogen (secondary N) is 3. The van der Waals surface area contributed by atoms with E-state index in [-0.39, 0.29) is 28.3 Å². The summed E-state index contributed by atoms with van der Waals surface area (Å²) in [6.07, 6.45) is 0. The van der Waals surface area contributed by atoms with Gasteiger partial charge in [0.25, 0.3) is 11.8 Å². The SMILES string of the molecule is COc1ccc(C(=O)NNC(=O)c2cc(C)oc2C)cc1S(=O)(=O)NCc1ccc(Cl)cc1. The monoisotopic (exact) mass is 491 g/mol. The largest absolute Gasteiger partial charge is 0.495 e. The number of ether oxygens (including phenoxy) is 1. The van der Waals surface area contributed by atoms with E-state index >= 15 is 0 Å². The standard InChI is InChI=1S/C22H22ClN3O6S/c1-13-10-18(14(2)32-13)22(28)26-25-21(27)16-6-9-19(31-3)20(11-16)33(29,30)24-12-15-4-7-17(23)8-5-15/h4-11,24H,12H2,1-3H3,(H,25,27)(H,26,28). The van der Waals surface area contributed by atoms with Crippen molar-refractivity contribution in [1.29, 1.82) is 0 Å². The molecule has 0 aliphatic carbocycles. The molecule has 11 heteroatoms. The number of aryl methyl sites for hydroxylation is 2. The summed E-state index contributed by atoms with van der Waals surface area (Å²) < 4.78 is 38.7. The molecule has 3 rings (SSSR count). The van der Waals surface area contributed by atoms with Crippen LogP contribution in [0.4, 0.5) is 0 Å². The van der Waals surface area contributed by atoms with Crippen LogP contribution in [0.25, 0.3) is 0 Å². The van der Waals surface area contributed by atoms with Gasteiger partial charge in [-0.2, -0.15) is 0 Å². The number of hydrazine groups is 1. The highest BCUT2D eigenvalue weighted by atomic mass is 35.5. The lowest BCUT2D eigenvalue weighted by Gasteiger charge is -2.13. The first-order valence-corrected chi connectivity index (χ1v) is 11.6. The molecule has 0 radical (unpaired) electrons. The van der Waals surface area contributed by atoms with E-state index in [1.54, 1.807) is 44.2 Å². The van der Waals surface area contributed by atoms with Crippen molar-refractivity contribution < 1.29 is 27.2 Å². The zero-order valence-corrected chi connectivity index (χ0v) is 19.6. The zero-order chi connectivity index (χ0) is 24.2. The van der Waals surface area contributed by atoms with Crippen LogP contribution in [0, 0.1) is 13.8 Å². The fourth-order valence-corrected chi connectivity index (χ4v) is 4.33. The molecule has 0 bridgehead atoms.